The molecule has 1 N–H and O–H groups in total. The first-order valence-electron chi connectivity index (χ1n) is 10.4. The number of hydrogen-bond acceptors (Lipinski definition) is 4. The molecule has 0 amide bonds. The summed E-state index contributed by atoms with van der Waals surface area (Å²) in [5.41, 5.74) is 3.34. The van der Waals surface area contributed by atoms with Crippen molar-refractivity contribution in [3.05, 3.63) is 83.7 Å². The summed E-state index contributed by atoms with van der Waals surface area (Å²) in [6.45, 7) is 4.50. The topological polar surface area (TPSA) is 46.0 Å². The summed E-state index contributed by atoms with van der Waals surface area (Å²) in [7, 11) is 0. The molecule has 0 spiro atoms. The van der Waals surface area contributed by atoms with Gasteiger partial charge in [-0.25, -0.2) is 4.39 Å². The number of hydrogen-bond donors (Lipinski definition) is 1. The lowest BCUT2D eigenvalue weighted by Crippen LogP contribution is -2.35. The predicted molar refractivity (Wildman–Crippen MR) is 112 cm³/mol. The van der Waals surface area contributed by atoms with Gasteiger partial charge in [0.1, 0.15) is 5.82 Å². The normalized spacial score (nSPS) is 17.4. The van der Waals surface area contributed by atoms with Crippen LogP contribution in [0.3, 0.4) is 0 Å². The molecule has 0 aliphatic carbocycles. The third-order valence-corrected chi connectivity index (χ3v) is 5.48. The van der Waals surface area contributed by atoms with Crippen LogP contribution in [0.2, 0.25) is 0 Å². The average Bonchev–Trinajstić information content (AvgIpc) is 3.00. The Morgan fingerprint density at radius 3 is 2.76 bits per heavy atom. The van der Waals surface area contributed by atoms with Crippen LogP contribution < -0.4 is 5.32 Å². The summed E-state index contributed by atoms with van der Waals surface area (Å²) in [5, 5.41) is 8.04. The number of aromatic nitrogens is 3. The molecule has 6 heteroatoms. The maximum Gasteiger partial charge on any atom is 0.123 e. The largest absolute Gasteiger partial charge is 0.317 e. The van der Waals surface area contributed by atoms with E-state index in [1.165, 1.54) is 30.5 Å². The second kappa shape index (κ2) is 9.76. The van der Waals surface area contributed by atoms with Gasteiger partial charge in [-0.1, -0.05) is 18.2 Å². The third kappa shape index (κ3) is 5.71. The fourth-order valence-electron chi connectivity index (χ4n) is 3.97. The molecular weight excluding hydrogens is 365 g/mol. The molecule has 1 unspecified atom stereocenters. The van der Waals surface area contributed by atoms with Crippen molar-refractivity contribution in [1.29, 1.82) is 0 Å². The maximum atomic E-state index is 13.1. The summed E-state index contributed by atoms with van der Waals surface area (Å²) in [6.07, 6.45) is 9.46. The molecule has 1 aromatic carbocycles. The highest BCUT2D eigenvalue weighted by Crippen LogP contribution is 2.19. The van der Waals surface area contributed by atoms with E-state index in [0.717, 1.165) is 43.9 Å². The lowest BCUT2D eigenvalue weighted by atomic mass is 10.1. The van der Waals surface area contributed by atoms with Crippen LogP contribution in [0.1, 0.15) is 36.1 Å². The number of nitrogens with one attached hydrogen (secondary N) is 1. The molecule has 3 heterocycles. The van der Waals surface area contributed by atoms with Crippen molar-refractivity contribution in [2.75, 3.05) is 13.1 Å². The van der Waals surface area contributed by atoms with Crippen LogP contribution in [-0.4, -0.2) is 38.8 Å². The molecule has 3 aromatic rings. The number of rotatable bonds is 7. The van der Waals surface area contributed by atoms with Crippen LogP contribution in [0.4, 0.5) is 4.39 Å². The van der Waals surface area contributed by atoms with Crippen molar-refractivity contribution in [3.8, 4) is 0 Å². The maximum absolute atomic E-state index is 13.1. The number of benzene rings is 1. The van der Waals surface area contributed by atoms with Gasteiger partial charge in [-0.05, 0) is 62.2 Å². The van der Waals surface area contributed by atoms with Gasteiger partial charge in [-0.2, -0.15) is 5.10 Å². The SMILES string of the molecule is Fc1ccc(Cn2cc(CN(Cc3ccccn3)C3CCCNCC3)cn2)cc1. The summed E-state index contributed by atoms with van der Waals surface area (Å²) in [5.74, 6) is -0.210. The first-order valence-corrected chi connectivity index (χ1v) is 10.4. The van der Waals surface area contributed by atoms with Gasteiger partial charge in [-0.15, -0.1) is 0 Å². The van der Waals surface area contributed by atoms with E-state index in [1.807, 2.05) is 35.3 Å². The van der Waals surface area contributed by atoms with E-state index in [0.29, 0.717) is 12.6 Å². The lowest BCUT2D eigenvalue weighted by molar-refractivity contribution is 0.162. The Kier molecular flexibility index (Phi) is 6.64. The van der Waals surface area contributed by atoms with Gasteiger partial charge in [-0.3, -0.25) is 14.6 Å². The van der Waals surface area contributed by atoms with Gasteiger partial charge in [0, 0.05) is 37.1 Å². The number of pyridine rings is 1. The minimum absolute atomic E-state index is 0.210. The Hall–Kier alpha value is -2.57. The summed E-state index contributed by atoms with van der Waals surface area (Å²) in [4.78, 5) is 7.07. The second-order valence-electron chi connectivity index (χ2n) is 7.73. The second-order valence-corrected chi connectivity index (χ2v) is 7.73. The Morgan fingerprint density at radius 2 is 1.93 bits per heavy atom. The fraction of sp³-hybridized carbons (Fsp3) is 0.391. The lowest BCUT2D eigenvalue weighted by Gasteiger charge is -2.30. The fourth-order valence-corrected chi connectivity index (χ4v) is 3.97. The molecule has 1 aliphatic heterocycles. The van der Waals surface area contributed by atoms with E-state index < -0.39 is 0 Å². The minimum atomic E-state index is -0.210. The van der Waals surface area contributed by atoms with Crippen LogP contribution in [0, 0.1) is 5.82 Å². The van der Waals surface area contributed by atoms with Gasteiger partial charge in [0.05, 0.1) is 18.4 Å². The van der Waals surface area contributed by atoms with Crippen LogP contribution in [0.5, 0.6) is 0 Å². The standard InChI is InChI=1S/C23H28FN5/c24-21-8-6-19(7-9-21)16-29-17-20(14-27-29)15-28(18-22-4-1-2-12-26-22)23-5-3-11-25-13-10-23/h1-2,4,6-9,12,14,17,23,25H,3,5,10-11,13,15-16,18H2. The van der Waals surface area contributed by atoms with E-state index in [9.17, 15) is 4.39 Å². The number of nitrogens with zero attached hydrogens (tertiary/aromatic N) is 4. The summed E-state index contributed by atoms with van der Waals surface area (Å²) >= 11 is 0. The van der Waals surface area contributed by atoms with E-state index >= 15 is 0 Å². The molecule has 0 bridgehead atoms. The van der Waals surface area contributed by atoms with Gasteiger partial charge >= 0.3 is 0 Å². The van der Waals surface area contributed by atoms with Crippen LogP contribution in [0.25, 0.3) is 0 Å². The van der Waals surface area contributed by atoms with E-state index in [1.54, 1.807) is 0 Å². The van der Waals surface area contributed by atoms with Crippen LogP contribution in [-0.2, 0) is 19.6 Å². The van der Waals surface area contributed by atoms with Gasteiger partial charge in [0.15, 0.2) is 0 Å². The molecular formula is C23H28FN5. The Morgan fingerprint density at radius 1 is 1.03 bits per heavy atom. The van der Waals surface area contributed by atoms with Crippen molar-refractivity contribution in [2.24, 2.45) is 0 Å². The monoisotopic (exact) mass is 393 g/mol. The Labute approximate surface area is 171 Å². The molecule has 0 saturated carbocycles. The molecule has 5 nitrogen and oxygen atoms in total. The zero-order valence-electron chi connectivity index (χ0n) is 16.7. The summed E-state index contributed by atoms with van der Waals surface area (Å²) in [6, 6.07) is 13.2. The molecule has 1 saturated heterocycles. The quantitative estimate of drug-likeness (QED) is 0.666. The van der Waals surface area contributed by atoms with E-state index in [2.05, 4.69) is 38.6 Å². The van der Waals surface area contributed by atoms with E-state index in [-0.39, 0.29) is 5.82 Å². The molecule has 152 valence electrons. The van der Waals surface area contributed by atoms with Crippen LogP contribution >= 0.6 is 0 Å². The molecule has 2 aromatic heterocycles. The first kappa shape index (κ1) is 19.7. The first-order chi connectivity index (χ1) is 14.3. The Balaban J connectivity index is 1.46. The van der Waals surface area contributed by atoms with Crippen molar-refractivity contribution in [3.63, 3.8) is 0 Å². The molecule has 0 radical (unpaired) electrons. The smallest absolute Gasteiger partial charge is 0.123 e. The van der Waals surface area contributed by atoms with Crippen LogP contribution in [0.15, 0.2) is 61.1 Å². The van der Waals surface area contributed by atoms with E-state index in [4.69, 9.17) is 0 Å². The molecule has 1 fully saturated rings. The Bertz CT molecular complexity index is 870. The summed E-state index contributed by atoms with van der Waals surface area (Å²) < 4.78 is 15.0. The molecule has 1 atom stereocenters. The van der Waals surface area contributed by atoms with Gasteiger partial charge < -0.3 is 5.32 Å². The van der Waals surface area contributed by atoms with Gasteiger partial charge in [0.25, 0.3) is 0 Å². The highest BCUT2D eigenvalue weighted by molar-refractivity contribution is 5.17. The predicted octanol–water partition coefficient (Wildman–Crippen LogP) is 3.61. The van der Waals surface area contributed by atoms with Crippen molar-refractivity contribution in [1.82, 2.24) is 25.0 Å². The zero-order valence-corrected chi connectivity index (χ0v) is 16.7. The van der Waals surface area contributed by atoms with Crippen molar-refractivity contribution in [2.45, 2.75) is 44.9 Å². The molecule has 29 heavy (non-hydrogen) atoms. The van der Waals surface area contributed by atoms with Crippen molar-refractivity contribution >= 4 is 0 Å². The highest BCUT2D eigenvalue weighted by atomic mass is 19.1. The zero-order chi connectivity index (χ0) is 19.9. The third-order valence-electron chi connectivity index (χ3n) is 5.48. The molecule has 1 aliphatic rings. The minimum Gasteiger partial charge on any atom is -0.317 e. The molecule has 4 rings (SSSR count). The van der Waals surface area contributed by atoms with Gasteiger partial charge in [0.2, 0.25) is 0 Å². The average molecular weight is 394 g/mol. The number of halogens is 1. The van der Waals surface area contributed by atoms with Crippen molar-refractivity contribution < 1.29 is 4.39 Å². The highest BCUT2D eigenvalue weighted by Gasteiger charge is 2.21.